The highest BCUT2D eigenvalue weighted by Gasteiger charge is 2.08. The largest absolute Gasteiger partial charge is 0.493 e. The summed E-state index contributed by atoms with van der Waals surface area (Å²) in [6.07, 6.45) is 2.45. The standard InChI is InChI=1S/C21H21NO4/c1-15-5-2-3-6-20(15)26-12-4-10-22-11-9-16-7-8-17(19(24)14-23)13-18(16)21(22)25/h2-3,5-9,11,13,23H,4,10,12,14H2,1H3. The summed E-state index contributed by atoms with van der Waals surface area (Å²) in [7, 11) is 0. The molecule has 0 unspecified atom stereocenters. The number of Topliss-reactive ketones (excluding diaryl/α,β-unsaturated/α-hetero) is 1. The van der Waals surface area contributed by atoms with Gasteiger partial charge in [-0.25, -0.2) is 0 Å². The molecular formula is C21H21NO4. The van der Waals surface area contributed by atoms with E-state index in [4.69, 9.17) is 9.84 Å². The van der Waals surface area contributed by atoms with Crippen LogP contribution in [0.5, 0.6) is 5.75 Å². The van der Waals surface area contributed by atoms with Crippen molar-refractivity contribution in [3.8, 4) is 5.75 Å². The second-order valence-corrected chi connectivity index (χ2v) is 6.17. The lowest BCUT2D eigenvalue weighted by atomic mass is 10.1. The number of aliphatic hydroxyl groups excluding tert-OH is 1. The topological polar surface area (TPSA) is 68.5 Å². The number of aromatic nitrogens is 1. The molecule has 1 N–H and O–H groups in total. The van der Waals surface area contributed by atoms with Gasteiger partial charge >= 0.3 is 0 Å². The van der Waals surface area contributed by atoms with Crippen LogP contribution < -0.4 is 10.3 Å². The third-order valence-electron chi connectivity index (χ3n) is 4.34. The molecule has 0 aliphatic carbocycles. The summed E-state index contributed by atoms with van der Waals surface area (Å²) in [6, 6.07) is 14.6. The van der Waals surface area contributed by atoms with Gasteiger partial charge in [-0.1, -0.05) is 30.3 Å². The van der Waals surface area contributed by atoms with Gasteiger partial charge in [-0.2, -0.15) is 0 Å². The Morgan fingerprint density at radius 3 is 2.73 bits per heavy atom. The average molecular weight is 351 g/mol. The fraction of sp³-hybridized carbons (Fsp3) is 0.238. The first-order chi connectivity index (χ1) is 12.6. The van der Waals surface area contributed by atoms with Crippen molar-refractivity contribution in [2.75, 3.05) is 13.2 Å². The van der Waals surface area contributed by atoms with E-state index in [1.807, 2.05) is 37.3 Å². The maximum absolute atomic E-state index is 12.7. The van der Waals surface area contributed by atoms with Gasteiger partial charge < -0.3 is 14.4 Å². The molecule has 0 saturated carbocycles. The number of nitrogens with zero attached hydrogens (tertiary/aromatic N) is 1. The SMILES string of the molecule is Cc1ccccc1OCCCn1ccc2ccc(C(=O)CO)cc2c1=O. The van der Waals surface area contributed by atoms with Crippen molar-refractivity contribution in [3.05, 3.63) is 76.2 Å². The van der Waals surface area contributed by atoms with E-state index < -0.39 is 12.4 Å². The fourth-order valence-corrected chi connectivity index (χ4v) is 2.86. The molecule has 0 atom stereocenters. The minimum absolute atomic E-state index is 0.147. The summed E-state index contributed by atoms with van der Waals surface area (Å²) in [5.74, 6) is 0.457. The van der Waals surface area contributed by atoms with Gasteiger partial charge in [-0.05, 0) is 42.5 Å². The summed E-state index contributed by atoms with van der Waals surface area (Å²) in [6.45, 7) is 2.47. The number of ketones is 1. The summed E-state index contributed by atoms with van der Waals surface area (Å²) in [5, 5.41) is 10.2. The molecule has 0 aliphatic heterocycles. The Kier molecular flexibility index (Phi) is 5.49. The number of para-hydroxylation sites is 1. The average Bonchev–Trinajstić information content (AvgIpc) is 2.67. The monoisotopic (exact) mass is 351 g/mol. The lowest BCUT2D eigenvalue weighted by Gasteiger charge is -2.10. The molecule has 1 heterocycles. The van der Waals surface area contributed by atoms with Crippen LogP contribution in [-0.2, 0) is 6.54 Å². The van der Waals surface area contributed by atoms with Crippen molar-refractivity contribution in [1.29, 1.82) is 0 Å². The number of pyridine rings is 1. The van der Waals surface area contributed by atoms with E-state index in [1.54, 1.807) is 29.0 Å². The van der Waals surface area contributed by atoms with Gasteiger partial charge in [0.1, 0.15) is 12.4 Å². The van der Waals surface area contributed by atoms with E-state index in [-0.39, 0.29) is 5.56 Å². The van der Waals surface area contributed by atoms with Crippen molar-refractivity contribution in [1.82, 2.24) is 4.57 Å². The van der Waals surface area contributed by atoms with Gasteiger partial charge in [0.05, 0.1) is 6.61 Å². The molecule has 5 heteroatoms. The minimum atomic E-state index is -0.567. The Morgan fingerprint density at radius 2 is 1.96 bits per heavy atom. The number of rotatable bonds is 7. The Labute approximate surface area is 151 Å². The number of hydrogen-bond acceptors (Lipinski definition) is 4. The fourth-order valence-electron chi connectivity index (χ4n) is 2.86. The molecule has 0 fully saturated rings. The lowest BCUT2D eigenvalue weighted by Crippen LogP contribution is -2.21. The van der Waals surface area contributed by atoms with Crippen molar-refractivity contribution < 1.29 is 14.6 Å². The van der Waals surface area contributed by atoms with Gasteiger partial charge in [-0.15, -0.1) is 0 Å². The number of ether oxygens (including phenoxy) is 1. The van der Waals surface area contributed by atoms with Crippen molar-refractivity contribution in [2.24, 2.45) is 0 Å². The Hall–Kier alpha value is -2.92. The summed E-state index contributed by atoms with van der Waals surface area (Å²) in [4.78, 5) is 24.3. The number of aryl methyl sites for hydroxylation is 2. The van der Waals surface area contributed by atoms with Crippen molar-refractivity contribution >= 4 is 16.6 Å². The predicted octanol–water partition coefficient (Wildman–Crippen LogP) is 2.95. The second-order valence-electron chi connectivity index (χ2n) is 6.17. The molecule has 1 aromatic heterocycles. The molecule has 0 spiro atoms. The molecule has 5 nitrogen and oxygen atoms in total. The van der Waals surface area contributed by atoms with Gasteiger partial charge in [0.25, 0.3) is 5.56 Å². The molecule has 0 amide bonds. The molecule has 3 rings (SSSR count). The van der Waals surface area contributed by atoms with Crippen LogP contribution in [0, 0.1) is 6.92 Å². The zero-order valence-electron chi connectivity index (χ0n) is 14.6. The summed E-state index contributed by atoms with van der Waals surface area (Å²) >= 11 is 0. The van der Waals surface area contributed by atoms with Gasteiger partial charge in [0, 0.05) is 23.7 Å². The molecule has 2 aromatic carbocycles. The van der Waals surface area contributed by atoms with Crippen LogP contribution in [0.3, 0.4) is 0 Å². The smallest absolute Gasteiger partial charge is 0.258 e. The van der Waals surface area contributed by atoms with Crippen LogP contribution in [0.1, 0.15) is 22.3 Å². The van der Waals surface area contributed by atoms with Crippen LogP contribution in [0.2, 0.25) is 0 Å². The molecule has 0 radical (unpaired) electrons. The number of aliphatic hydroxyl groups is 1. The van der Waals surface area contributed by atoms with Crippen LogP contribution in [0.25, 0.3) is 10.8 Å². The molecule has 3 aromatic rings. The number of fused-ring (bicyclic) bond motifs is 1. The number of hydrogen-bond donors (Lipinski definition) is 1. The molecule has 0 bridgehead atoms. The van der Waals surface area contributed by atoms with E-state index in [1.165, 1.54) is 0 Å². The molecule has 134 valence electrons. The van der Waals surface area contributed by atoms with Gasteiger partial charge in [-0.3, -0.25) is 9.59 Å². The molecular weight excluding hydrogens is 330 g/mol. The zero-order valence-corrected chi connectivity index (χ0v) is 14.6. The van der Waals surface area contributed by atoms with Crippen LogP contribution >= 0.6 is 0 Å². The summed E-state index contributed by atoms with van der Waals surface area (Å²) in [5.41, 5.74) is 1.28. The minimum Gasteiger partial charge on any atom is -0.493 e. The van der Waals surface area contributed by atoms with Crippen LogP contribution in [-0.4, -0.2) is 28.7 Å². The summed E-state index contributed by atoms with van der Waals surface area (Å²) < 4.78 is 7.38. The maximum atomic E-state index is 12.7. The van der Waals surface area contributed by atoms with Gasteiger partial charge in [0.15, 0.2) is 5.78 Å². The van der Waals surface area contributed by atoms with Gasteiger partial charge in [0.2, 0.25) is 0 Å². The van der Waals surface area contributed by atoms with Crippen molar-refractivity contribution in [2.45, 2.75) is 19.9 Å². The second kappa shape index (κ2) is 7.97. The Morgan fingerprint density at radius 1 is 1.15 bits per heavy atom. The highest BCUT2D eigenvalue weighted by molar-refractivity contribution is 6.00. The molecule has 26 heavy (non-hydrogen) atoms. The highest BCUT2D eigenvalue weighted by Crippen LogP contribution is 2.16. The van der Waals surface area contributed by atoms with E-state index in [0.717, 1.165) is 16.7 Å². The number of carbonyl (C=O) groups excluding carboxylic acids is 1. The Bertz CT molecular complexity index is 991. The van der Waals surface area contributed by atoms with Crippen LogP contribution in [0.4, 0.5) is 0 Å². The normalized spacial score (nSPS) is 10.8. The predicted molar refractivity (Wildman–Crippen MR) is 101 cm³/mol. The third kappa shape index (κ3) is 3.83. The quantitative estimate of drug-likeness (QED) is 0.525. The lowest BCUT2D eigenvalue weighted by molar-refractivity contribution is 0.0904. The van der Waals surface area contributed by atoms with E-state index in [9.17, 15) is 9.59 Å². The maximum Gasteiger partial charge on any atom is 0.258 e. The van der Waals surface area contributed by atoms with E-state index >= 15 is 0 Å². The van der Waals surface area contributed by atoms with Crippen molar-refractivity contribution in [3.63, 3.8) is 0 Å². The third-order valence-corrected chi connectivity index (χ3v) is 4.34. The van der Waals surface area contributed by atoms with E-state index in [0.29, 0.717) is 30.5 Å². The first kappa shape index (κ1) is 17.9. The van der Waals surface area contributed by atoms with E-state index in [2.05, 4.69) is 0 Å². The van der Waals surface area contributed by atoms with Crippen LogP contribution in [0.15, 0.2) is 59.5 Å². The first-order valence-corrected chi connectivity index (χ1v) is 8.56. The Balaban J connectivity index is 1.72. The molecule has 0 aliphatic rings. The highest BCUT2D eigenvalue weighted by atomic mass is 16.5. The first-order valence-electron chi connectivity index (χ1n) is 8.56. The number of carbonyl (C=O) groups is 1. The zero-order chi connectivity index (χ0) is 18.5. The molecule has 0 saturated heterocycles. The number of benzene rings is 2.